The zero-order valence-electron chi connectivity index (χ0n) is 18.3. The molecule has 0 radical (unpaired) electrons. The fourth-order valence-corrected chi connectivity index (χ4v) is 3.56. The summed E-state index contributed by atoms with van der Waals surface area (Å²) in [5.41, 5.74) is 5.27. The zero-order chi connectivity index (χ0) is 21.3. The summed E-state index contributed by atoms with van der Waals surface area (Å²) in [6, 6.07) is 24.5. The first kappa shape index (κ1) is 23.5. The fraction of sp³-hybridized carbons (Fsp3) is 0.231. The number of fused-ring (bicyclic) bond motifs is 1. The molecule has 0 unspecified atom stereocenters. The third kappa shape index (κ3) is 6.19. The van der Waals surface area contributed by atoms with E-state index in [0.717, 1.165) is 71.8 Å². The van der Waals surface area contributed by atoms with Crippen molar-refractivity contribution in [2.45, 2.75) is 12.8 Å². The van der Waals surface area contributed by atoms with Crippen molar-refractivity contribution in [3.63, 3.8) is 0 Å². The second kappa shape index (κ2) is 12.0. The first-order valence-electron chi connectivity index (χ1n) is 10.7. The van der Waals surface area contributed by atoms with Crippen LogP contribution in [0.3, 0.4) is 0 Å². The van der Waals surface area contributed by atoms with Crippen LogP contribution in [0.2, 0.25) is 0 Å². The number of nitrogens with one attached hydrogen (secondary N) is 2. The molecule has 0 aliphatic rings. The van der Waals surface area contributed by atoms with Crippen molar-refractivity contribution in [3.8, 4) is 17.0 Å². The maximum Gasteiger partial charge on any atom is 0.118 e. The Bertz CT molecular complexity index is 1100. The normalized spacial score (nSPS) is 10.5. The summed E-state index contributed by atoms with van der Waals surface area (Å²) >= 11 is 0. The Balaban J connectivity index is 0.00000289. The smallest absolute Gasteiger partial charge is 0.118 e. The van der Waals surface area contributed by atoms with Crippen LogP contribution < -0.4 is 15.4 Å². The highest BCUT2D eigenvalue weighted by molar-refractivity contribution is 5.93. The average Bonchev–Trinajstić information content (AvgIpc) is 2.84. The first-order valence-corrected chi connectivity index (χ1v) is 10.7. The van der Waals surface area contributed by atoms with Crippen molar-refractivity contribution in [1.29, 1.82) is 0 Å². The number of anilines is 1. The van der Waals surface area contributed by atoms with E-state index in [-0.39, 0.29) is 12.4 Å². The van der Waals surface area contributed by atoms with Crippen LogP contribution in [-0.2, 0) is 6.42 Å². The minimum atomic E-state index is 0. The van der Waals surface area contributed by atoms with Crippen LogP contribution in [0, 0.1) is 0 Å². The second-order valence-corrected chi connectivity index (χ2v) is 7.40. The number of methoxy groups -OCH3 is 1. The number of para-hydroxylation sites is 1. The Morgan fingerprint density at radius 3 is 2.47 bits per heavy atom. The van der Waals surface area contributed by atoms with Crippen LogP contribution >= 0.6 is 12.4 Å². The third-order valence-corrected chi connectivity index (χ3v) is 5.23. The molecule has 0 atom stereocenters. The van der Waals surface area contributed by atoms with Gasteiger partial charge in [0.2, 0.25) is 0 Å². The van der Waals surface area contributed by atoms with Crippen LogP contribution in [0.4, 0.5) is 5.69 Å². The van der Waals surface area contributed by atoms with Crippen molar-refractivity contribution in [1.82, 2.24) is 15.3 Å². The third-order valence-electron chi connectivity index (χ3n) is 5.23. The van der Waals surface area contributed by atoms with Crippen LogP contribution in [0.1, 0.15) is 12.1 Å². The summed E-state index contributed by atoms with van der Waals surface area (Å²) in [5.74, 6) is 0.846. The zero-order valence-corrected chi connectivity index (χ0v) is 19.1. The van der Waals surface area contributed by atoms with E-state index >= 15 is 0 Å². The summed E-state index contributed by atoms with van der Waals surface area (Å²) in [5, 5.41) is 8.25. The molecule has 0 saturated carbocycles. The fourth-order valence-electron chi connectivity index (χ4n) is 3.56. The predicted molar refractivity (Wildman–Crippen MR) is 135 cm³/mol. The van der Waals surface area contributed by atoms with Gasteiger partial charge in [0.25, 0.3) is 0 Å². The van der Waals surface area contributed by atoms with Crippen molar-refractivity contribution >= 4 is 29.0 Å². The van der Waals surface area contributed by atoms with Crippen LogP contribution in [0.15, 0.2) is 79.0 Å². The predicted octanol–water partition coefficient (Wildman–Crippen LogP) is 5.36. The Labute approximate surface area is 195 Å². The van der Waals surface area contributed by atoms with E-state index in [4.69, 9.17) is 9.72 Å². The molecular weight excluding hydrogens is 420 g/mol. The molecule has 0 spiro atoms. The number of pyridine rings is 2. The van der Waals surface area contributed by atoms with Gasteiger partial charge in [-0.25, -0.2) is 4.98 Å². The van der Waals surface area contributed by atoms with Gasteiger partial charge in [0, 0.05) is 48.0 Å². The van der Waals surface area contributed by atoms with Gasteiger partial charge in [0.05, 0.1) is 18.3 Å². The molecule has 4 rings (SSSR count). The van der Waals surface area contributed by atoms with Gasteiger partial charge in [-0.3, -0.25) is 4.98 Å². The SMILES string of the molecule is COc1ccc(-c2cc(NCCCNCCc3ccccn3)c3ccccc3n2)cc1.Cl. The van der Waals surface area contributed by atoms with Gasteiger partial charge in [0.15, 0.2) is 0 Å². The molecule has 0 amide bonds. The molecule has 0 aliphatic heterocycles. The standard InChI is InChI=1S/C26H28N4O.ClH/c1-31-22-12-10-20(11-13-22)25-19-26(23-8-2-3-9-24(23)30-25)29-17-6-15-27-18-14-21-7-4-5-16-28-21;/h2-5,7-13,16,19,27H,6,14-15,17-18H2,1H3,(H,29,30);1H. The minimum absolute atomic E-state index is 0. The highest BCUT2D eigenvalue weighted by Gasteiger charge is 2.07. The van der Waals surface area contributed by atoms with Crippen LogP contribution in [-0.4, -0.2) is 36.7 Å². The highest BCUT2D eigenvalue weighted by Crippen LogP contribution is 2.29. The largest absolute Gasteiger partial charge is 0.497 e. The quantitative estimate of drug-likeness (QED) is 0.320. The Morgan fingerprint density at radius 1 is 0.875 bits per heavy atom. The van der Waals surface area contributed by atoms with Gasteiger partial charge in [-0.1, -0.05) is 24.3 Å². The molecule has 0 aliphatic carbocycles. The molecule has 5 nitrogen and oxygen atoms in total. The maximum absolute atomic E-state index is 5.28. The van der Waals surface area contributed by atoms with E-state index in [9.17, 15) is 0 Å². The number of aromatic nitrogens is 2. The molecule has 0 fully saturated rings. The molecule has 2 aromatic carbocycles. The first-order chi connectivity index (χ1) is 15.3. The van der Waals surface area contributed by atoms with E-state index in [2.05, 4.69) is 45.9 Å². The molecule has 2 N–H and O–H groups in total. The number of ether oxygens (including phenoxy) is 1. The maximum atomic E-state index is 5.28. The lowest BCUT2D eigenvalue weighted by Crippen LogP contribution is -2.21. The number of halogens is 1. The summed E-state index contributed by atoms with van der Waals surface area (Å²) in [7, 11) is 1.68. The summed E-state index contributed by atoms with van der Waals surface area (Å²) in [6.07, 6.45) is 3.84. The summed E-state index contributed by atoms with van der Waals surface area (Å²) in [6.45, 7) is 2.80. The van der Waals surface area contributed by atoms with E-state index in [1.54, 1.807) is 7.11 Å². The highest BCUT2D eigenvalue weighted by atomic mass is 35.5. The van der Waals surface area contributed by atoms with Crippen LogP contribution in [0.5, 0.6) is 5.75 Å². The molecule has 2 aromatic heterocycles. The number of hydrogen-bond donors (Lipinski definition) is 2. The van der Waals surface area contributed by atoms with Crippen molar-refractivity contribution < 1.29 is 4.74 Å². The van der Waals surface area contributed by atoms with Gasteiger partial charge in [0.1, 0.15) is 5.75 Å². The average molecular weight is 449 g/mol. The van der Waals surface area contributed by atoms with E-state index in [1.807, 2.05) is 48.7 Å². The molecule has 2 heterocycles. The van der Waals surface area contributed by atoms with E-state index in [1.165, 1.54) is 0 Å². The lowest BCUT2D eigenvalue weighted by Gasteiger charge is -2.13. The van der Waals surface area contributed by atoms with Gasteiger partial charge in [-0.05, 0) is 61.5 Å². The summed E-state index contributed by atoms with van der Waals surface area (Å²) in [4.78, 5) is 9.22. The number of benzene rings is 2. The van der Waals surface area contributed by atoms with Crippen molar-refractivity contribution in [3.05, 3.63) is 84.7 Å². The molecule has 32 heavy (non-hydrogen) atoms. The van der Waals surface area contributed by atoms with Gasteiger partial charge < -0.3 is 15.4 Å². The van der Waals surface area contributed by atoms with E-state index < -0.39 is 0 Å². The number of nitrogens with zero attached hydrogens (tertiary/aromatic N) is 2. The van der Waals surface area contributed by atoms with Crippen molar-refractivity contribution in [2.24, 2.45) is 0 Å². The van der Waals surface area contributed by atoms with Crippen molar-refractivity contribution in [2.75, 3.05) is 32.1 Å². The lowest BCUT2D eigenvalue weighted by atomic mass is 10.1. The van der Waals surface area contributed by atoms with Gasteiger partial charge >= 0.3 is 0 Å². The molecule has 166 valence electrons. The number of hydrogen-bond acceptors (Lipinski definition) is 5. The lowest BCUT2D eigenvalue weighted by molar-refractivity contribution is 0.415. The van der Waals surface area contributed by atoms with E-state index in [0.29, 0.717) is 0 Å². The Kier molecular flexibility index (Phi) is 8.84. The van der Waals surface area contributed by atoms with Gasteiger partial charge in [-0.2, -0.15) is 0 Å². The van der Waals surface area contributed by atoms with Gasteiger partial charge in [-0.15, -0.1) is 12.4 Å². The topological polar surface area (TPSA) is 59.1 Å². The van der Waals surface area contributed by atoms with Crippen LogP contribution in [0.25, 0.3) is 22.2 Å². The number of rotatable bonds is 10. The molecule has 0 bridgehead atoms. The Morgan fingerprint density at radius 2 is 1.69 bits per heavy atom. The Hall–Kier alpha value is -3.15. The molecule has 6 heteroatoms. The molecule has 4 aromatic rings. The molecule has 0 saturated heterocycles. The monoisotopic (exact) mass is 448 g/mol. The summed E-state index contributed by atoms with van der Waals surface area (Å²) < 4.78 is 5.28. The minimum Gasteiger partial charge on any atom is -0.497 e. The second-order valence-electron chi connectivity index (χ2n) is 7.40. The molecular formula is C26H29ClN4O.